The zero-order valence-electron chi connectivity index (χ0n) is 12.3. The van der Waals surface area contributed by atoms with Crippen molar-refractivity contribution in [3.8, 4) is 0 Å². The van der Waals surface area contributed by atoms with Gasteiger partial charge in [-0.25, -0.2) is 0 Å². The van der Waals surface area contributed by atoms with Crippen LogP contribution in [-0.4, -0.2) is 30.6 Å². The number of rotatable bonds is 4. The summed E-state index contributed by atoms with van der Waals surface area (Å²) < 4.78 is 0. The summed E-state index contributed by atoms with van der Waals surface area (Å²) >= 11 is 0. The van der Waals surface area contributed by atoms with Crippen molar-refractivity contribution < 1.29 is 0 Å². The van der Waals surface area contributed by atoms with Crippen LogP contribution < -0.4 is 5.73 Å². The van der Waals surface area contributed by atoms with E-state index in [1.54, 1.807) is 0 Å². The molecular formula is C17H28N2. The SMILES string of the molecule is C=C/C(=C\C=C/C)CN1CCC2(CCC(N)CC2)C1. The minimum atomic E-state index is 0.456. The lowest BCUT2D eigenvalue weighted by atomic mass is 9.72. The number of likely N-dealkylation sites (tertiary alicyclic amines) is 1. The van der Waals surface area contributed by atoms with Crippen molar-refractivity contribution in [1.82, 2.24) is 4.90 Å². The Morgan fingerprint density at radius 3 is 2.74 bits per heavy atom. The molecule has 1 aliphatic carbocycles. The average molecular weight is 260 g/mol. The van der Waals surface area contributed by atoms with Gasteiger partial charge in [0.25, 0.3) is 0 Å². The molecule has 1 saturated carbocycles. The minimum absolute atomic E-state index is 0.456. The van der Waals surface area contributed by atoms with Crippen molar-refractivity contribution in [3.05, 3.63) is 36.5 Å². The normalized spacial score (nSPS) is 33.4. The number of hydrogen-bond donors (Lipinski definition) is 1. The Morgan fingerprint density at radius 2 is 2.11 bits per heavy atom. The van der Waals surface area contributed by atoms with Gasteiger partial charge in [0.15, 0.2) is 0 Å². The van der Waals surface area contributed by atoms with Gasteiger partial charge in [-0.1, -0.05) is 30.9 Å². The van der Waals surface area contributed by atoms with Gasteiger partial charge in [-0.15, -0.1) is 0 Å². The molecule has 19 heavy (non-hydrogen) atoms. The number of nitrogens with zero attached hydrogens (tertiary/aromatic N) is 1. The van der Waals surface area contributed by atoms with Crippen molar-refractivity contribution in [1.29, 1.82) is 0 Å². The molecular weight excluding hydrogens is 232 g/mol. The highest BCUT2D eigenvalue weighted by atomic mass is 15.2. The number of hydrogen-bond acceptors (Lipinski definition) is 2. The van der Waals surface area contributed by atoms with Crippen molar-refractivity contribution in [2.45, 2.75) is 45.1 Å². The Kier molecular flexibility index (Phi) is 5.00. The molecule has 0 radical (unpaired) electrons. The van der Waals surface area contributed by atoms with E-state index in [9.17, 15) is 0 Å². The largest absolute Gasteiger partial charge is 0.328 e. The first-order valence-electron chi connectivity index (χ1n) is 7.60. The fourth-order valence-electron chi connectivity index (χ4n) is 3.49. The number of nitrogens with two attached hydrogens (primary N) is 1. The predicted octanol–water partition coefficient (Wildman–Crippen LogP) is 3.27. The summed E-state index contributed by atoms with van der Waals surface area (Å²) in [6.45, 7) is 9.50. The lowest BCUT2D eigenvalue weighted by molar-refractivity contribution is 0.177. The van der Waals surface area contributed by atoms with Gasteiger partial charge in [-0.3, -0.25) is 4.90 Å². The Morgan fingerprint density at radius 1 is 1.37 bits per heavy atom. The van der Waals surface area contributed by atoms with Crippen LogP contribution in [-0.2, 0) is 0 Å². The predicted molar refractivity (Wildman–Crippen MR) is 83.0 cm³/mol. The molecule has 0 unspecified atom stereocenters. The number of allylic oxidation sites excluding steroid dienone is 3. The molecule has 2 rings (SSSR count). The summed E-state index contributed by atoms with van der Waals surface area (Å²) in [6.07, 6.45) is 14.8. The third-order valence-electron chi connectivity index (χ3n) is 4.78. The molecule has 1 heterocycles. The highest BCUT2D eigenvalue weighted by Crippen LogP contribution is 2.43. The zero-order valence-corrected chi connectivity index (χ0v) is 12.3. The van der Waals surface area contributed by atoms with E-state index in [1.807, 2.05) is 13.0 Å². The Bertz CT molecular complexity index is 359. The Labute approximate surface area is 118 Å². The second-order valence-corrected chi connectivity index (χ2v) is 6.27. The van der Waals surface area contributed by atoms with Gasteiger partial charge in [0, 0.05) is 19.1 Å². The Hall–Kier alpha value is -0.860. The van der Waals surface area contributed by atoms with Crippen LogP contribution in [0.2, 0.25) is 0 Å². The van der Waals surface area contributed by atoms with Crippen LogP contribution in [0.1, 0.15) is 39.0 Å². The molecule has 2 nitrogen and oxygen atoms in total. The molecule has 1 spiro atoms. The second kappa shape index (κ2) is 6.53. The molecule has 0 aromatic rings. The van der Waals surface area contributed by atoms with Crippen LogP contribution in [0.3, 0.4) is 0 Å². The van der Waals surface area contributed by atoms with E-state index in [-0.39, 0.29) is 0 Å². The summed E-state index contributed by atoms with van der Waals surface area (Å²) in [5.74, 6) is 0. The minimum Gasteiger partial charge on any atom is -0.328 e. The van der Waals surface area contributed by atoms with E-state index < -0.39 is 0 Å². The maximum Gasteiger partial charge on any atom is 0.0233 e. The van der Waals surface area contributed by atoms with Gasteiger partial charge >= 0.3 is 0 Å². The molecule has 0 atom stereocenters. The quantitative estimate of drug-likeness (QED) is 0.786. The zero-order chi connectivity index (χ0) is 13.7. The van der Waals surface area contributed by atoms with Crippen molar-refractivity contribution >= 4 is 0 Å². The molecule has 2 N–H and O–H groups in total. The highest BCUT2D eigenvalue weighted by molar-refractivity contribution is 5.23. The molecule has 1 aliphatic heterocycles. The highest BCUT2D eigenvalue weighted by Gasteiger charge is 2.40. The molecule has 0 aromatic heterocycles. The van der Waals surface area contributed by atoms with Crippen LogP contribution in [0.4, 0.5) is 0 Å². The van der Waals surface area contributed by atoms with E-state index in [1.165, 1.54) is 50.8 Å². The summed E-state index contributed by atoms with van der Waals surface area (Å²) in [4.78, 5) is 2.59. The third-order valence-corrected chi connectivity index (χ3v) is 4.78. The molecule has 2 heteroatoms. The lowest BCUT2D eigenvalue weighted by Gasteiger charge is -2.36. The molecule has 0 bridgehead atoms. The van der Waals surface area contributed by atoms with Crippen LogP contribution in [0.15, 0.2) is 36.5 Å². The van der Waals surface area contributed by atoms with Gasteiger partial charge in [0.1, 0.15) is 0 Å². The smallest absolute Gasteiger partial charge is 0.0233 e. The van der Waals surface area contributed by atoms with Crippen molar-refractivity contribution in [2.24, 2.45) is 11.1 Å². The van der Waals surface area contributed by atoms with Gasteiger partial charge < -0.3 is 5.73 Å². The molecule has 106 valence electrons. The van der Waals surface area contributed by atoms with E-state index in [0.29, 0.717) is 11.5 Å². The molecule has 0 amide bonds. The fraction of sp³-hybridized carbons (Fsp3) is 0.647. The summed E-state index contributed by atoms with van der Waals surface area (Å²) in [5, 5.41) is 0. The lowest BCUT2D eigenvalue weighted by Crippen LogP contribution is -2.36. The topological polar surface area (TPSA) is 29.3 Å². The van der Waals surface area contributed by atoms with Gasteiger partial charge in [0.05, 0.1) is 0 Å². The van der Waals surface area contributed by atoms with Crippen molar-refractivity contribution in [2.75, 3.05) is 19.6 Å². The third kappa shape index (κ3) is 3.80. The average Bonchev–Trinajstić information content (AvgIpc) is 2.81. The first kappa shape index (κ1) is 14.5. The van der Waals surface area contributed by atoms with Crippen molar-refractivity contribution in [3.63, 3.8) is 0 Å². The maximum absolute atomic E-state index is 6.03. The van der Waals surface area contributed by atoms with E-state index >= 15 is 0 Å². The maximum atomic E-state index is 6.03. The van der Waals surface area contributed by atoms with Crippen LogP contribution >= 0.6 is 0 Å². The van der Waals surface area contributed by atoms with Gasteiger partial charge in [0.2, 0.25) is 0 Å². The summed E-state index contributed by atoms with van der Waals surface area (Å²) in [5.41, 5.74) is 7.93. The molecule has 0 aromatic carbocycles. The van der Waals surface area contributed by atoms with Gasteiger partial charge in [-0.2, -0.15) is 0 Å². The molecule has 2 aliphatic rings. The van der Waals surface area contributed by atoms with Crippen LogP contribution in [0.25, 0.3) is 0 Å². The first-order chi connectivity index (χ1) is 9.17. The van der Waals surface area contributed by atoms with E-state index in [0.717, 1.165) is 6.54 Å². The molecule has 2 fully saturated rings. The van der Waals surface area contributed by atoms with Crippen LogP contribution in [0, 0.1) is 5.41 Å². The fourth-order valence-corrected chi connectivity index (χ4v) is 3.49. The van der Waals surface area contributed by atoms with E-state index in [4.69, 9.17) is 5.73 Å². The van der Waals surface area contributed by atoms with Gasteiger partial charge in [-0.05, 0) is 56.6 Å². The standard InChI is InChI=1S/C17H28N2/c1-3-5-6-15(4-2)13-19-12-11-17(14-19)9-7-16(18)8-10-17/h3-6,16H,2,7-14,18H2,1H3/b5-3-,15-6+. The Balaban J connectivity index is 1.89. The first-order valence-corrected chi connectivity index (χ1v) is 7.60. The second-order valence-electron chi connectivity index (χ2n) is 6.27. The summed E-state index contributed by atoms with van der Waals surface area (Å²) in [7, 11) is 0. The van der Waals surface area contributed by atoms with E-state index in [2.05, 4.69) is 29.7 Å². The monoisotopic (exact) mass is 260 g/mol. The van der Waals surface area contributed by atoms with Crippen LogP contribution in [0.5, 0.6) is 0 Å². The summed E-state index contributed by atoms with van der Waals surface area (Å²) in [6, 6.07) is 0.456. The molecule has 1 saturated heterocycles.